The number of piperazine rings is 1. The van der Waals surface area contributed by atoms with Crippen molar-refractivity contribution in [2.75, 3.05) is 43.1 Å². The molecule has 9 heteroatoms. The maximum atomic E-state index is 11.6. The van der Waals surface area contributed by atoms with Crippen LogP contribution in [0.1, 0.15) is 0 Å². The molecular formula is C24H24N6O2S. The SMILES string of the molecule is COc1cccc(N2CCN(c3cnc4ccc(-c5cncc([S+](N)[O-])c5)cc4n3)CC2)c1. The van der Waals surface area contributed by atoms with Gasteiger partial charge in [0.05, 0.1) is 41.9 Å². The lowest BCUT2D eigenvalue weighted by Gasteiger charge is -2.36. The largest absolute Gasteiger partial charge is 0.593 e. The van der Waals surface area contributed by atoms with Crippen molar-refractivity contribution < 1.29 is 9.29 Å². The second kappa shape index (κ2) is 9.22. The van der Waals surface area contributed by atoms with E-state index in [0.717, 1.165) is 65.6 Å². The van der Waals surface area contributed by atoms with Crippen molar-refractivity contribution in [3.63, 3.8) is 0 Å². The van der Waals surface area contributed by atoms with Crippen molar-refractivity contribution in [1.82, 2.24) is 15.0 Å². The third-order valence-electron chi connectivity index (χ3n) is 5.83. The summed E-state index contributed by atoms with van der Waals surface area (Å²) in [6.45, 7) is 3.49. The number of methoxy groups -OCH3 is 1. The fourth-order valence-electron chi connectivity index (χ4n) is 4.02. The molecule has 1 fully saturated rings. The topological polar surface area (TPSA) is 103 Å². The van der Waals surface area contributed by atoms with E-state index < -0.39 is 11.4 Å². The number of hydrogen-bond acceptors (Lipinski definition) is 8. The highest BCUT2D eigenvalue weighted by atomic mass is 32.2. The maximum absolute atomic E-state index is 11.6. The smallest absolute Gasteiger partial charge is 0.192 e. The zero-order valence-corrected chi connectivity index (χ0v) is 19.0. The summed E-state index contributed by atoms with van der Waals surface area (Å²) in [6, 6.07) is 15.8. The molecule has 2 aromatic carbocycles. The summed E-state index contributed by atoms with van der Waals surface area (Å²) >= 11 is -1.57. The Kier molecular flexibility index (Phi) is 5.99. The van der Waals surface area contributed by atoms with Gasteiger partial charge in [0, 0.05) is 55.8 Å². The van der Waals surface area contributed by atoms with E-state index in [2.05, 4.69) is 31.9 Å². The van der Waals surface area contributed by atoms with Crippen LogP contribution in [0.2, 0.25) is 0 Å². The number of nitrogens with zero attached hydrogens (tertiary/aromatic N) is 5. The Hall–Kier alpha value is -3.40. The van der Waals surface area contributed by atoms with Crippen molar-refractivity contribution >= 4 is 33.9 Å². The number of fused-ring (bicyclic) bond motifs is 1. The molecule has 33 heavy (non-hydrogen) atoms. The lowest BCUT2D eigenvalue weighted by Crippen LogP contribution is -2.46. The van der Waals surface area contributed by atoms with Gasteiger partial charge >= 0.3 is 0 Å². The minimum absolute atomic E-state index is 0.487. The normalized spacial score (nSPS) is 15.0. The van der Waals surface area contributed by atoms with Crippen LogP contribution in [0, 0.1) is 0 Å². The average molecular weight is 461 g/mol. The molecule has 2 aromatic heterocycles. The first-order valence-corrected chi connectivity index (χ1v) is 11.8. The third-order valence-corrected chi connectivity index (χ3v) is 6.52. The molecule has 1 aliphatic heterocycles. The second-order valence-electron chi connectivity index (χ2n) is 7.81. The molecular weight excluding hydrogens is 436 g/mol. The lowest BCUT2D eigenvalue weighted by molar-refractivity contribution is 0.414. The molecule has 2 N–H and O–H groups in total. The zero-order chi connectivity index (χ0) is 22.8. The van der Waals surface area contributed by atoms with Gasteiger partial charge in [-0.05, 0) is 29.8 Å². The van der Waals surface area contributed by atoms with E-state index in [0.29, 0.717) is 4.90 Å². The molecule has 0 spiro atoms. The first kappa shape index (κ1) is 21.4. The summed E-state index contributed by atoms with van der Waals surface area (Å²) in [5.74, 6) is 1.73. The first-order chi connectivity index (χ1) is 16.1. The van der Waals surface area contributed by atoms with Gasteiger partial charge in [-0.2, -0.15) is 0 Å². The summed E-state index contributed by atoms with van der Waals surface area (Å²) in [4.78, 5) is 18.8. The molecule has 5 rings (SSSR count). The van der Waals surface area contributed by atoms with Crippen LogP contribution in [0.5, 0.6) is 5.75 Å². The van der Waals surface area contributed by atoms with Gasteiger partial charge in [-0.15, -0.1) is 5.14 Å². The Balaban J connectivity index is 1.35. The fraction of sp³-hybridized carbons (Fsp3) is 0.208. The summed E-state index contributed by atoms with van der Waals surface area (Å²) in [7, 11) is 1.69. The molecule has 1 atom stereocenters. The number of pyridine rings is 1. The van der Waals surface area contributed by atoms with Gasteiger partial charge in [0.2, 0.25) is 0 Å². The van der Waals surface area contributed by atoms with Crippen LogP contribution in [-0.4, -0.2) is 52.8 Å². The van der Waals surface area contributed by atoms with Crippen LogP contribution in [0.25, 0.3) is 22.2 Å². The highest BCUT2D eigenvalue weighted by Crippen LogP contribution is 2.26. The number of rotatable bonds is 5. The minimum atomic E-state index is -1.57. The quantitative estimate of drug-likeness (QED) is 0.454. The van der Waals surface area contributed by atoms with E-state index in [1.54, 1.807) is 19.4 Å². The Morgan fingerprint density at radius 3 is 2.52 bits per heavy atom. The molecule has 1 saturated heterocycles. The van der Waals surface area contributed by atoms with Gasteiger partial charge in [-0.1, -0.05) is 12.1 Å². The van der Waals surface area contributed by atoms with E-state index in [1.807, 2.05) is 36.5 Å². The Morgan fingerprint density at radius 1 is 0.909 bits per heavy atom. The highest BCUT2D eigenvalue weighted by Gasteiger charge is 2.19. The molecule has 0 amide bonds. The van der Waals surface area contributed by atoms with Crippen molar-refractivity contribution in [1.29, 1.82) is 0 Å². The van der Waals surface area contributed by atoms with Gasteiger partial charge in [0.25, 0.3) is 0 Å². The van der Waals surface area contributed by atoms with Crippen molar-refractivity contribution in [3.8, 4) is 16.9 Å². The Morgan fingerprint density at radius 2 is 1.73 bits per heavy atom. The summed E-state index contributed by atoms with van der Waals surface area (Å²) in [5.41, 5.74) is 4.56. The van der Waals surface area contributed by atoms with Gasteiger partial charge < -0.3 is 19.1 Å². The number of anilines is 2. The zero-order valence-electron chi connectivity index (χ0n) is 18.2. The number of ether oxygens (including phenoxy) is 1. The van der Waals surface area contributed by atoms with E-state index in [9.17, 15) is 4.55 Å². The molecule has 0 bridgehead atoms. The van der Waals surface area contributed by atoms with Crippen LogP contribution >= 0.6 is 0 Å². The van der Waals surface area contributed by atoms with Gasteiger partial charge in [-0.3, -0.25) is 9.97 Å². The predicted octanol–water partition coefficient (Wildman–Crippen LogP) is 3.01. The van der Waals surface area contributed by atoms with Crippen LogP contribution < -0.4 is 19.7 Å². The number of benzene rings is 2. The van der Waals surface area contributed by atoms with E-state index in [1.165, 1.54) is 6.20 Å². The lowest BCUT2D eigenvalue weighted by atomic mass is 10.1. The van der Waals surface area contributed by atoms with E-state index in [4.69, 9.17) is 14.9 Å². The van der Waals surface area contributed by atoms with Crippen molar-refractivity contribution in [3.05, 3.63) is 67.1 Å². The predicted molar refractivity (Wildman–Crippen MR) is 131 cm³/mol. The summed E-state index contributed by atoms with van der Waals surface area (Å²) in [5, 5.41) is 5.51. The Labute approximate surface area is 195 Å². The van der Waals surface area contributed by atoms with Crippen LogP contribution in [0.3, 0.4) is 0 Å². The van der Waals surface area contributed by atoms with E-state index in [-0.39, 0.29) is 0 Å². The first-order valence-electron chi connectivity index (χ1n) is 10.6. The molecule has 0 radical (unpaired) electrons. The van der Waals surface area contributed by atoms with Crippen LogP contribution in [0.15, 0.2) is 72.0 Å². The standard InChI is InChI=1S/C24H24N6O2S/c1-32-20-4-2-3-19(13-20)29-7-9-30(10-8-29)24-16-27-22-6-5-17(12-23(22)28-24)18-11-21(33(25)31)15-26-14-18/h2-6,11-16H,7-10,25H2,1H3. The molecule has 168 valence electrons. The number of nitrogens with two attached hydrogens (primary N) is 1. The van der Waals surface area contributed by atoms with E-state index >= 15 is 0 Å². The monoisotopic (exact) mass is 460 g/mol. The molecule has 4 aromatic rings. The van der Waals surface area contributed by atoms with Gasteiger partial charge in [0.15, 0.2) is 4.90 Å². The molecule has 1 aliphatic rings. The van der Waals surface area contributed by atoms with Gasteiger partial charge in [-0.25, -0.2) is 4.98 Å². The molecule has 0 aliphatic carbocycles. The highest BCUT2D eigenvalue weighted by molar-refractivity contribution is 7.89. The Bertz CT molecular complexity index is 1280. The second-order valence-corrected chi connectivity index (χ2v) is 8.88. The average Bonchev–Trinajstić information content (AvgIpc) is 2.88. The maximum Gasteiger partial charge on any atom is 0.192 e. The summed E-state index contributed by atoms with van der Waals surface area (Å²) in [6.07, 6.45) is 5.08. The third kappa shape index (κ3) is 4.56. The summed E-state index contributed by atoms with van der Waals surface area (Å²) < 4.78 is 17.0. The molecule has 3 heterocycles. The van der Waals surface area contributed by atoms with Crippen molar-refractivity contribution in [2.24, 2.45) is 5.14 Å². The fourth-order valence-corrected chi connectivity index (χ4v) is 4.43. The molecule has 1 unspecified atom stereocenters. The number of aromatic nitrogens is 3. The molecule has 8 nitrogen and oxygen atoms in total. The van der Waals surface area contributed by atoms with Gasteiger partial charge in [0.1, 0.15) is 11.6 Å². The minimum Gasteiger partial charge on any atom is -0.593 e. The van der Waals surface area contributed by atoms with Crippen LogP contribution in [0.4, 0.5) is 11.5 Å². The van der Waals surface area contributed by atoms with Crippen molar-refractivity contribution in [2.45, 2.75) is 4.90 Å². The molecule has 0 saturated carbocycles. The number of hydrogen-bond donors (Lipinski definition) is 1. The van der Waals surface area contributed by atoms with Crippen LogP contribution in [-0.2, 0) is 11.4 Å².